The van der Waals surface area contributed by atoms with Crippen LogP contribution < -0.4 is 10.6 Å². The highest BCUT2D eigenvalue weighted by atomic mass is 16.7. The minimum absolute atomic E-state index is 0.387. The van der Waals surface area contributed by atoms with Gasteiger partial charge >= 0.3 is 0 Å². The summed E-state index contributed by atoms with van der Waals surface area (Å²) in [6.45, 7) is -0.906. The van der Waals surface area contributed by atoms with Gasteiger partial charge in [0.2, 0.25) is 5.91 Å². The van der Waals surface area contributed by atoms with Gasteiger partial charge in [0.1, 0.15) is 24.4 Å². The van der Waals surface area contributed by atoms with Crippen LogP contribution in [0, 0.1) is 11.8 Å². The first-order chi connectivity index (χ1) is 13.0. The van der Waals surface area contributed by atoms with Crippen molar-refractivity contribution in [1.82, 2.24) is 10.6 Å². The van der Waals surface area contributed by atoms with Gasteiger partial charge in [-0.2, -0.15) is 0 Å². The first-order valence-corrected chi connectivity index (χ1v) is 8.25. The van der Waals surface area contributed by atoms with Crippen LogP contribution in [0.15, 0.2) is 30.3 Å². The summed E-state index contributed by atoms with van der Waals surface area (Å²) in [4.78, 5) is 23.7. The average molecular weight is 378 g/mol. The van der Waals surface area contributed by atoms with Crippen molar-refractivity contribution in [3.8, 4) is 11.8 Å². The van der Waals surface area contributed by atoms with Crippen molar-refractivity contribution >= 4 is 11.8 Å². The minimum Gasteiger partial charge on any atom is -0.394 e. The molecule has 0 radical (unpaired) electrons. The second kappa shape index (κ2) is 10.0. The third-order valence-electron chi connectivity index (χ3n) is 3.94. The maximum Gasteiger partial charge on any atom is 0.296 e. The Morgan fingerprint density at radius 3 is 2.56 bits per heavy atom. The molecular weight excluding hydrogens is 356 g/mol. The van der Waals surface area contributed by atoms with Gasteiger partial charge in [-0.1, -0.05) is 24.1 Å². The van der Waals surface area contributed by atoms with Crippen molar-refractivity contribution in [3.63, 3.8) is 0 Å². The van der Waals surface area contributed by atoms with Crippen molar-refractivity contribution < 1.29 is 34.4 Å². The molecule has 1 aromatic carbocycles. The zero-order valence-corrected chi connectivity index (χ0v) is 14.7. The van der Waals surface area contributed by atoms with Gasteiger partial charge in [0.05, 0.1) is 13.2 Å². The lowest BCUT2D eigenvalue weighted by Crippen LogP contribution is -2.65. The van der Waals surface area contributed by atoms with Crippen LogP contribution in [0.4, 0.5) is 0 Å². The summed E-state index contributed by atoms with van der Waals surface area (Å²) < 4.78 is 10.3. The third kappa shape index (κ3) is 5.75. The van der Waals surface area contributed by atoms with Gasteiger partial charge in [-0.25, -0.2) is 0 Å². The van der Waals surface area contributed by atoms with Crippen molar-refractivity contribution in [3.05, 3.63) is 35.9 Å². The lowest BCUT2D eigenvalue weighted by atomic mass is 9.97. The number of aliphatic hydroxyl groups is 3. The highest BCUT2D eigenvalue weighted by molar-refractivity contribution is 5.96. The molecule has 146 valence electrons. The normalized spacial score (nSPS) is 27.2. The van der Waals surface area contributed by atoms with Crippen LogP contribution in [0.2, 0.25) is 0 Å². The van der Waals surface area contributed by atoms with E-state index in [9.17, 15) is 19.8 Å². The Morgan fingerprint density at radius 1 is 1.22 bits per heavy atom. The van der Waals surface area contributed by atoms with E-state index in [1.165, 1.54) is 7.11 Å². The molecule has 0 spiro atoms. The average Bonchev–Trinajstić information content (AvgIpc) is 2.69. The van der Waals surface area contributed by atoms with E-state index in [0.29, 0.717) is 5.56 Å². The maximum absolute atomic E-state index is 12.0. The molecule has 1 saturated heterocycles. The van der Waals surface area contributed by atoms with Gasteiger partial charge in [-0.3, -0.25) is 9.59 Å². The number of hydrogen-bond donors (Lipinski definition) is 5. The SMILES string of the molecule is COC1OC(CO)C(O)C(O)C1NC(=O)CNC(=O)C#Cc1ccccc1. The predicted octanol–water partition coefficient (Wildman–Crippen LogP) is -2.28. The van der Waals surface area contributed by atoms with E-state index in [1.807, 2.05) is 6.07 Å². The van der Waals surface area contributed by atoms with Gasteiger partial charge in [0, 0.05) is 18.6 Å². The first kappa shape index (κ1) is 20.8. The van der Waals surface area contributed by atoms with Crippen LogP contribution in [-0.4, -0.2) is 78.0 Å². The van der Waals surface area contributed by atoms with E-state index in [0.717, 1.165) is 0 Å². The summed E-state index contributed by atoms with van der Waals surface area (Å²) in [7, 11) is 1.30. The second-order valence-corrected chi connectivity index (χ2v) is 5.83. The van der Waals surface area contributed by atoms with Crippen molar-refractivity contribution in [1.29, 1.82) is 0 Å². The molecule has 2 rings (SSSR count). The molecular formula is C18H22N2O7. The summed E-state index contributed by atoms with van der Waals surface area (Å²) >= 11 is 0. The first-order valence-electron chi connectivity index (χ1n) is 8.25. The number of ether oxygens (including phenoxy) is 2. The molecule has 2 amide bonds. The Hall–Kier alpha value is -2.48. The lowest BCUT2D eigenvalue weighted by Gasteiger charge is -2.41. The maximum atomic E-state index is 12.0. The Bertz CT molecular complexity index is 699. The molecule has 5 N–H and O–H groups in total. The molecule has 27 heavy (non-hydrogen) atoms. The quantitative estimate of drug-likeness (QED) is 0.364. The molecule has 1 heterocycles. The second-order valence-electron chi connectivity index (χ2n) is 5.83. The molecule has 1 aliphatic rings. The fourth-order valence-electron chi connectivity index (χ4n) is 2.53. The van der Waals surface area contributed by atoms with Gasteiger partial charge in [0.25, 0.3) is 5.91 Å². The van der Waals surface area contributed by atoms with E-state index in [-0.39, 0.29) is 6.54 Å². The molecule has 1 aromatic rings. The zero-order chi connectivity index (χ0) is 19.8. The molecule has 0 aliphatic carbocycles. The summed E-state index contributed by atoms with van der Waals surface area (Å²) in [5, 5.41) is 33.9. The van der Waals surface area contributed by atoms with Crippen molar-refractivity contribution in [2.45, 2.75) is 30.6 Å². The van der Waals surface area contributed by atoms with E-state index in [1.54, 1.807) is 24.3 Å². The van der Waals surface area contributed by atoms with E-state index >= 15 is 0 Å². The number of benzene rings is 1. The van der Waals surface area contributed by atoms with Crippen LogP contribution >= 0.6 is 0 Å². The third-order valence-corrected chi connectivity index (χ3v) is 3.94. The van der Waals surface area contributed by atoms with Crippen molar-refractivity contribution in [2.75, 3.05) is 20.3 Å². The van der Waals surface area contributed by atoms with E-state index < -0.39 is 49.1 Å². The number of hydrogen-bond acceptors (Lipinski definition) is 7. The number of amides is 2. The van der Waals surface area contributed by atoms with Gasteiger partial charge in [0.15, 0.2) is 6.29 Å². The molecule has 1 aliphatic heterocycles. The predicted molar refractivity (Wildman–Crippen MR) is 93.0 cm³/mol. The Labute approximate surface area is 156 Å². The molecule has 9 heteroatoms. The van der Waals surface area contributed by atoms with Gasteiger partial charge in [-0.05, 0) is 12.1 Å². The monoisotopic (exact) mass is 378 g/mol. The number of aliphatic hydroxyl groups excluding tert-OH is 3. The molecule has 5 unspecified atom stereocenters. The number of carbonyl (C=O) groups is 2. The Kier molecular flexibility index (Phi) is 7.72. The molecule has 9 nitrogen and oxygen atoms in total. The standard InChI is InChI=1S/C18H22N2O7/c1-26-18-15(17(25)16(24)12(10-21)27-18)20-14(23)9-19-13(22)8-7-11-5-3-2-4-6-11/h2-6,12,15-18,21,24-25H,9-10H2,1H3,(H,19,22)(H,20,23). The fraction of sp³-hybridized carbons (Fsp3) is 0.444. The van der Waals surface area contributed by atoms with Gasteiger partial charge < -0.3 is 35.4 Å². The number of methoxy groups -OCH3 is 1. The summed E-state index contributed by atoms with van der Waals surface area (Å²) in [6.07, 6.45) is -4.93. The van der Waals surface area contributed by atoms with Crippen LogP contribution in [0.3, 0.4) is 0 Å². The molecule has 0 aromatic heterocycles. The van der Waals surface area contributed by atoms with Gasteiger partial charge in [-0.15, -0.1) is 0 Å². The highest BCUT2D eigenvalue weighted by Gasteiger charge is 2.45. The summed E-state index contributed by atoms with van der Waals surface area (Å²) in [5.41, 5.74) is 0.662. The Balaban J connectivity index is 1.87. The fourth-order valence-corrected chi connectivity index (χ4v) is 2.53. The van der Waals surface area contributed by atoms with E-state index in [4.69, 9.17) is 14.6 Å². The molecule has 5 atom stereocenters. The lowest BCUT2D eigenvalue weighted by molar-refractivity contribution is -0.262. The zero-order valence-electron chi connectivity index (χ0n) is 14.7. The van der Waals surface area contributed by atoms with Crippen LogP contribution in [0.25, 0.3) is 0 Å². The summed E-state index contributed by atoms with van der Waals surface area (Å²) in [6, 6.07) is 7.81. The topological polar surface area (TPSA) is 137 Å². The molecule has 0 saturated carbocycles. The smallest absolute Gasteiger partial charge is 0.296 e. The number of rotatable bonds is 5. The van der Waals surface area contributed by atoms with Crippen LogP contribution in [0.1, 0.15) is 5.56 Å². The minimum atomic E-state index is -1.42. The van der Waals surface area contributed by atoms with Crippen LogP contribution in [-0.2, 0) is 19.1 Å². The van der Waals surface area contributed by atoms with E-state index in [2.05, 4.69) is 22.5 Å². The number of carbonyl (C=O) groups excluding carboxylic acids is 2. The van der Waals surface area contributed by atoms with Crippen LogP contribution in [0.5, 0.6) is 0 Å². The number of nitrogens with one attached hydrogen (secondary N) is 2. The van der Waals surface area contributed by atoms with Crippen molar-refractivity contribution in [2.24, 2.45) is 0 Å². The highest BCUT2D eigenvalue weighted by Crippen LogP contribution is 2.21. The molecule has 0 bridgehead atoms. The largest absolute Gasteiger partial charge is 0.394 e. The Morgan fingerprint density at radius 2 is 1.93 bits per heavy atom. The molecule has 1 fully saturated rings. The summed E-state index contributed by atoms with van der Waals surface area (Å²) in [5.74, 6) is 3.75.